The second-order valence-electron chi connectivity index (χ2n) is 7.01. The van der Waals surface area contributed by atoms with Crippen LogP contribution < -0.4 is 9.80 Å². The third-order valence-corrected chi connectivity index (χ3v) is 6.40. The van der Waals surface area contributed by atoms with E-state index in [0.717, 1.165) is 23.4 Å². The van der Waals surface area contributed by atoms with Gasteiger partial charge in [0, 0.05) is 22.1 Å². The number of amides is 2. The zero-order chi connectivity index (χ0) is 20.0. The molecule has 0 unspecified atom stereocenters. The first-order valence-corrected chi connectivity index (χ1v) is 10.7. The van der Waals surface area contributed by atoms with Crippen molar-refractivity contribution in [3.05, 3.63) is 87.2 Å². The summed E-state index contributed by atoms with van der Waals surface area (Å²) in [4.78, 5) is 31.1. The number of para-hydroxylation sites is 1. The van der Waals surface area contributed by atoms with Crippen LogP contribution in [-0.4, -0.2) is 18.4 Å². The SMILES string of the molecule is O=C1C(c2cccs2)=C(N2CCCc3ccccc32)C(=O)N1c1cccc(Cl)c1. The van der Waals surface area contributed by atoms with Gasteiger partial charge in [-0.25, -0.2) is 4.90 Å². The quantitative estimate of drug-likeness (QED) is 0.551. The van der Waals surface area contributed by atoms with E-state index in [1.807, 2.05) is 40.6 Å². The third kappa shape index (κ3) is 2.98. The van der Waals surface area contributed by atoms with Crippen molar-refractivity contribution < 1.29 is 9.59 Å². The van der Waals surface area contributed by atoms with Crippen LogP contribution in [0.4, 0.5) is 11.4 Å². The Bertz CT molecular complexity index is 1150. The number of thiophene rings is 1. The molecule has 5 rings (SSSR count). The van der Waals surface area contributed by atoms with Crippen LogP contribution in [0.1, 0.15) is 16.9 Å². The molecule has 6 heteroatoms. The maximum absolute atomic E-state index is 13.6. The second-order valence-corrected chi connectivity index (χ2v) is 8.39. The standard InChI is InChI=1S/C23H17ClN2O2S/c24-16-8-3-9-17(14-16)26-22(27)20(19-11-5-13-29-19)21(23(26)28)25-12-4-7-15-6-1-2-10-18(15)25/h1-3,5-6,8-11,13-14H,4,7,12H2. The minimum absolute atomic E-state index is 0.308. The fourth-order valence-electron chi connectivity index (χ4n) is 4.03. The Balaban J connectivity index is 1.69. The number of imide groups is 1. The van der Waals surface area contributed by atoms with Gasteiger partial charge in [-0.1, -0.05) is 41.9 Å². The minimum Gasteiger partial charge on any atom is -0.336 e. The lowest BCUT2D eigenvalue weighted by Gasteiger charge is -2.32. The molecular formula is C23H17ClN2O2S. The van der Waals surface area contributed by atoms with E-state index in [0.29, 0.717) is 28.5 Å². The topological polar surface area (TPSA) is 40.6 Å². The first-order valence-electron chi connectivity index (χ1n) is 9.43. The highest BCUT2D eigenvalue weighted by Crippen LogP contribution is 2.40. The number of benzene rings is 2. The van der Waals surface area contributed by atoms with E-state index in [-0.39, 0.29) is 11.8 Å². The number of anilines is 2. The minimum atomic E-state index is -0.308. The van der Waals surface area contributed by atoms with Crippen molar-refractivity contribution in [2.75, 3.05) is 16.3 Å². The molecule has 0 bridgehead atoms. The van der Waals surface area contributed by atoms with E-state index in [9.17, 15) is 9.59 Å². The number of carbonyl (C=O) groups excluding carboxylic acids is 2. The zero-order valence-electron chi connectivity index (χ0n) is 15.5. The Labute approximate surface area is 177 Å². The number of hydrogen-bond donors (Lipinski definition) is 0. The largest absolute Gasteiger partial charge is 0.336 e. The summed E-state index contributed by atoms with van der Waals surface area (Å²) >= 11 is 7.60. The number of hydrogen-bond acceptors (Lipinski definition) is 4. The number of fused-ring (bicyclic) bond motifs is 1. The number of halogens is 1. The second kappa shape index (κ2) is 7.17. The van der Waals surface area contributed by atoms with Gasteiger partial charge in [0.05, 0.1) is 11.3 Å². The molecule has 0 aliphatic carbocycles. The van der Waals surface area contributed by atoms with Crippen molar-refractivity contribution in [3.63, 3.8) is 0 Å². The van der Waals surface area contributed by atoms with E-state index < -0.39 is 0 Å². The molecule has 0 spiro atoms. The van der Waals surface area contributed by atoms with E-state index in [4.69, 9.17) is 11.6 Å². The monoisotopic (exact) mass is 420 g/mol. The lowest BCUT2D eigenvalue weighted by Crippen LogP contribution is -2.37. The molecule has 2 amide bonds. The van der Waals surface area contributed by atoms with Crippen LogP contribution in [0.5, 0.6) is 0 Å². The van der Waals surface area contributed by atoms with Crippen molar-refractivity contribution in [2.24, 2.45) is 0 Å². The summed E-state index contributed by atoms with van der Waals surface area (Å²) in [5, 5.41) is 2.40. The van der Waals surface area contributed by atoms with Gasteiger partial charge in [-0.15, -0.1) is 11.3 Å². The lowest BCUT2D eigenvalue weighted by atomic mass is 10.00. The zero-order valence-corrected chi connectivity index (χ0v) is 17.0. The Kier molecular flexibility index (Phi) is 4.49. The van der Waals surface area contributed by atoms with Crippen LogP contribution >= 0.6 is 22.9 Å². The van der Waals surface area contributed by atoms with Crippen LogP contribution in [0.2, 0.25) is 5.02 Å². The summed E-state index contributed by atoms with van der Waals surface area (Å²) in [5.74, 6) is -0.616. The molecule has 1 aromatic heterocycles. The molecule has 0 radical (unpaired) electrons. The summed E-state index contributed by atoms with van der Waals surface area (Å²) < 4.78 is 0. The van der Waals surface area contributed by atoms with Crippen molar-refractivity contribution in [3.8, 4) is 0 Å². The summed E-state index contributed by atoms with van der Waals surface area (Å²) in [6.07, 6.45) is 1.89. The molecular weight excluding hydrogens is 404 g/mol. The predicted octanol–water partition coefficient (Wildman–Crippen LogP) is 5.14. The average Bonchev–Trinajstić information content (AvgIpc) is 3.33. The highest BCUT2D eigenvalue weighted by Gasteiger charge is 2.44. The molecule has 0 saturated carbocycles. The summed E-state index contributed by atoms with van der Waals surface area (Å²) in [5.41, 5.74) is 3.59. The fourth-order valence-corrected chi connectivity index (χ4v) is 4.97. The predicted molar refractivity (Wildman–Crippen MR) is 117 cm³/mol. The van der Waals surface area contributed by atoms with Gasteiger partial charge in [0.1, 0.15) is 5.70 Å². The van der Waals surface area contributed by atoms with Gasteiger partial charge in [-0.3, -0.25) is 9.59 Å². The molecule has 2 aliphatic heterocycles. The Hall–Kier alpha value is -2.89. The molecule has 0 N–H and O–H groups in total. The van der Waals surface area contributed by atoms with Crippen molar-refractivity contribution in [1.29, 1.82) is 0 Å². The van der Waals surface area contributed by atoms with Crippen molar-refractivity contribution in [2.45, 2.75) is 12.8 Å². The summed E-state index contributed by atoms with van der Waals surface area (Å²) in [7, 11) is 0. The lowest BCUT2D eigenvalue weighted by molar-refractivity contribution is -0.120. The molecule has 3 aromatic rings. The van der Waals surface area contributed by atoms with Gasteiger partial charge < -0.3 is 4.90 Å². The Morgan fingerprint density at radius 2 is 1.79 bits per heavy atom. The molecule has 0 saturated heterocycles. The van der Waals surface area contributed by atoms with E-state index in [2.05, 4.69) is 6.07 Å². The molecule has 4 nitrogen and oxygen atoms in total. The smallest absolute Gasteiger partial charge is 0.282 e. The van der Waals surface area contributed by atoms with Crippen LogP contribution in [0.3, 0.4) is 0 Å². The fraction of sp³-hybridized carbons (Fsp3) is 0.130. The number of aryl methyl sites for hydroxylation is 1. The molecule has 2 aliphatic rings. The first-order chi connectivity index (χ1) is 14.1. The van der Waals surface area contributed by atoms with Crippen LogP contribution in [0.15, 0.2) is 71.7 Å². The van der Waals surface area contributed by atoms with Gasteiger partial charge >= 0.3 is 0 Å². The third-order valence-electron chi connectivity index (χ3n) is 5.27. The van der Waals surface area contributed by atoms with E-state index in [1.165, 1.54) is 21.8 Å². The van der Waals surface area contributed by atoms with Gasteiger partial charge in [0.15, 0.2) is 0 Å². The van der Waals surface area contributed by atoms with Crippen LogP contribution in [0, 0.1) is 0 Å². The highest BCUT2D eigenvalue weighted by molar-refractivity contribution is 7.11. The number of rotatable bonds is 3. The summed E-state index contributed by atoms with van der Waals surface area (Å²) in [6, 6.07) is 18.7. The number of nitrogens with zero attached hydrogens (tertiary/aromatic N) is 2. The number of carbonyl (C=O) groups is 2. The van der Waals surface area contributed by atoms with Gasteiger partial charge in [0.2, 0.25) is 0 Å². The van der Waals surface area contributed by atoms with Gasteiger partial charge in [-0.2, -0.15) is 0 Å². The van der Waals surface area contributed by atoms with E-state index >= 15 is 0 Å². The molecule has 0 atom stereocenters. The van der Waals surface area contributed by atoms with Crippen molar-refractivity contribution >= 4 is 51.7 Å². The normalized spacial score (nSPS) is 16.6. The van der Waals surface area contributed by atoms with Gasteiger partial charge in [0.25, 0.3) is 11.8 Å². The summed E-state index contributed by atoms with van der Waals surface area (Å²) in [6.45, 7) is 0.698. The van der Waals surface area contributed by atoms with Crippen LogP contribution in [-0.2, 0) is 16.0 Å². The first kappa shape index (κ1) is 18.2. The molecule has 144 valence electrons. The average molecular weight is 421 g/mol. The maximum atomic E-state index is 13.6. The van der Waals surface area contributed by atoms with Crippen molar-refractivity contribution in [1.82, 2.24) is 0 Å². The highest BCUT2D eigenvalue weighted by atomic mass is 35.5. The molecule has 3 heterocycles. The maximum Gasteiger partial charge on any atom is 0.282 e. The Morgan fingerprint density at radius 1 is 0.931 bits per heavy atom. The molecule has 2 aromatic carbocycles. The van der Waals surface area contributed by atoms with Crippen LogP contribution in [0.25, 0.3) is 5.57 Å². The van der Waals surface area contributed by atoms with E-state index in [1.54, 1.807) is 24.3 Å². The molecule has 29 heavy (non-hydrogen) atoms. The Morgan fingerprint density at radius 3 is 2.59 bits per heavy atom. The van der Waals surface area contributed by atoms with Gasteiger partial charge in [-0.05, 0) is 54.1 Å². The molecule has 0 fully saturated rings.